The van der Waals surface area contributed by atoms with Crippen LogP contribution in [-0.2, 0) is 11.3 Å². The molecule has 0 aliphatic carbocycles. The second-order valence-electron chi connectivity index (χ2n) is 5.95. The molecule has 6 nitrogen and oxygen atoms in total. The highest BCUT2D eigenvalue weighted by molar-refractivity contribution is 7.99. The summed E-state index contributed by atoms with van der Waals surface area (Å²) in [7, 11) is 1.81. The first-order chi connectivity index (χ1) is 12.2. The van der Waals surface area contributed by atoms with Gasteiger partial charge >= 0.3 is 0 Å². The first-order valence-corrected chi connectivity index (χ1v) is 9.54. The molecule has 1 saturated heterocycles. The molecule has 1 fully saturated rings. The van der Waals surface area contributed by atoms with E-state index in [9.17, 15) is 4.79 Å². The van der Waals surface area contributed by atoms with Crippen molar-refractivity contribution in [3.05, 3.63) is 48.3 Å². The van der Waals surface area contributed by atoms with Crippen molar-refractivity contribution in [2.24, 2.45) is 0 Å². The summed E-state index contributed by atoms with van der Waals surface area (Å²) in [6.45, 7) is 2.82. The number of carbonyl (C=O) groups excluding carboxylic acids is 1. The third-order valence-electron chi connectivity index (χ3n) is 4.10. The molecule has 0 spiro atoms. The highest BCUT2D eigenvalue weighted by Crippen LogP contribution is 2.18. The van der Waals surface area contributed by atoms with E-state index < -0.39 is 0 Å². The number of hydrogen-bond donors (Lipinski definition) is 1. The molecular weight excluding hydrogens is 334 g/mol. The van der Waals surface area contributed by atoms with Crippen LogP contribution in [0, 0.1) is 0 Å². The normalized spacial score (nSPS) is 14.2. The minimum atomic E-state index is 0.0263. The van der Waals surface area contributed by atoms with Crippen LogP contribution >= 0.6 is 11.8 Å². The smallest absolute Gasteiger partial charge is 0.241 e. The average molecular weight is 357 g/mol. The van der Waals surface area contributed by atoms with E-state index in [1.807, 2.05) is 55.2 Å². The summed E-state index contributed by atoms with van der Waals surface area (Å²) in [6.07, 6.45) is 1.55. The lowest BCUT2D eigenvalue weighted by atomic mass is 10.2. The van der Waals surface area contributed by atoms with Crippen LogP contribution in [0.15, 0.2) is 42.7 Å². The van der Waals surface area contributed by atoms with E-state index in [-0.39, 0.29) is 12.5 Å². The number of carbonyl (C=O) groups is 1. The molecule has 7 heteroatoms. The van der Waals surface area contributed by atoms with Crippen molar-refractivity contribution >= 4 is 29.3 Å². The molecule has 0 radical (unpaired) electrons. The summed E-state index contributed by atoms with van der Waals surface area (Å²) < 4.78 is 0. The summed E-state index contributed by atoms with van der Waals surface area (Å²) in [4.78, 5) is 24.9. The van der Waals surface area contributed by atoms with Crippen LogP contribution in [0.4, 0.5) is 11.6 Å². The zero-order valence-corrected chi connectivity index (χ0v) is 15.2. The predicted molar refractivity (Wildman–Crippen MR) is 103 cm³/mol. The topological polar surface area (TPSA) is 61.4 Å². The van der Waals surface area contributed by atoms with E-state index in [0.29, 0.717) is 12.4 Å². The summed E-state index contributed by atoms with van der Waals surface area (Å²) in [5, 5.41) is 3.12. The molecule has 1 aliphatic heterocycles. The van der Waals surface area contributed by atoms with Crippen molar-refractivity contribution in [2.75, 3.05) is 48.4 Å². The zero-order chi connectivity index (χ0) is 17.5. The van der Waals surface area contributed by atoms with E-state index in [1.165, 1.54) is 0 Å². The maximum Gasteiger partial charge on any atom is 0.241 e. The van der Waals surface area contributed by atoms with Gasteiger partial charge in [-0.05, 0) is 5.56 Å². The number of aromatic nitrogens is 2. The van der Waals surface area contributed by atoms with E-state index in [4.69, 9.17) is 0 Å². The van der Waals surface area contributed by atoms with Gasteiger partial charge in [-0.15, -0.1) is 0 Å². The second kappa shape index (κ2) is 8.71. The Labute approximate surface area is 152 Å². The number of thioether (sulfide) groups is 1. The molecule has 25 heavy (non-hydrogen) atoms. The molecule has 0 unspecified atom stereocenters. The Morgan fingerprint density at radius 2 is 2.00 bits per heavy atom. The van der Waals surface area contributed by atoms with E-state index in [0.717, 1.165) is 36.0 Å². The summed E-state index contributed by atoms with van der Waals surface area (Å²) in [6, 6.07) is 11.9. The molecule has 2 heterocycles. The number of likely N-dealkylation sites (N-methyl/N-ethyl adjacent to an activating group) is 1. The first kappa shape index (κ1) is 17.5. The van der Waals surface area contributed by atoms with Crippen LogP contribution in [-0.4, -0.2) is 59.0 Å². The molecule has 1 amide bonds. The number of benzene rings is 1. The highest BCUT2D eigenvalue weighted by Gasteiger charge is 2.14. The molecule has 1 aliphatic rings. The quantitative estimate of drug-likeness (QED) is 0.854. The minimum absolute atomic E-state index is 0.0263. The van der Waals surface area contributed by atoms with Crippen LogP contribution < -0.4 is 10.2 Å². The van der Waals surface area contributed by atoms with Crippen molar-refractivity contribution in [2.45, 2.75) is 6.54 Å². The summed E-state index contributed by atoms with van der Waals surface area (Å²) >= 11 is 1.96. The van der Waals surface area contributed by atoms with Gasteiger partial charge in [-0.25, -0.2) is 9.97 Å². The Balaban J connectivity index is 1.53. The van der Waals surface area contributed by atoms with E-state index >= 15 is 0 Å². The van der Waals surface area contributed by atoms with Gasteiger partial charge in [0.1, 0.15) is 18.0 Å². The molecule has 132 valence electrons. The summed E-state index contributed by atoms with van der Waals surface area (Å²) in [5.41, 5.74) is 1.12. The number of anilines is 2. The predicted octanol–water partition coefficient (Wildman–Crippen LogP) is 2.10. The first-order valence-electron chi connectivity index (χ1n) is 8.39. The fourth-order valence-electron chi connectivity index (χ4n) is 2.66. The average Bonchev–Trinajstić information content (AvgIpc) is 2.68. The van der Waals surface area contributed by atoms with Crippen LogP contribution in [0.3, 0.4) is 0 Å². The van der Waals surface area contributed by atoms with Crippen molar-refractivity contribution < 1.29 is 4.79 Å². The standard InChI is InChI=1S/C18H23N5OS/c1-22(13-15-5-3-2-4-6-15)18(24)12-19-16-11-17(21-14-20-16)23-7-9-25-10-8-23/h2-6,11,14H,7-10,12-13H2,1H3,(H,19,20,21). The molecule has 1 aromatic carbocycles. The fraction of sp³-hybridized carbons (Fsp3) is 0.389. The van der Waals surface area contributed by atoms with Gasteiger partial charge < -0.3 is 15.1 Å². The molecule has 2 aromatic rings. The van der Waals surface area contributed by atoms with E-state index in [2.05, 4.69) is 20.2 Å². The Hall–Kier alpha value is -2.28. The van der Waals surface area contributed by atoms with Crippen molar-refractivity contribution in [3.8, 4) is 0 Å². The molecule has 0 bridgehead atoms. The maximum atomic E-state index is 12.3. The van der Waals surface area contributed by atoms with Crippen LogP contribution in [0.1, 0.15) is 5.56 Å². The number of amides is 1. The van der Waals surface area contributed by atoms with E-state index in [1.54, 1.807) is 11.2 Å². The monoisotopic (exact) mass is 357 g/mol. The Bertz CT molecular complexity index is 691. The van der Waals surface area contributed by atoms with Gasteiger partial charge in [0.05, 0.1) is 6.54 Å². The molecule has 3 rings (SSSR count). The third kappa shape index (κ3) is 5.09. The van der Waals surface area contributed by atoms with Gasteiger partial charge in [0.2, 0.25) is 5.91 Å². The fourth-order valence-corrected chi connectivity index (χ4v) is 3.56. The van der Waals surface area contributed by atoms with Crippen LogP contribution in [0.2, 0.25) is 0 Å². The van der Waals surface area contributed by atoms with Gasteiger partial charge in [-0.3, -0.25) is 4.79 Å². The Morgan fingerprint density at radius 3 is 2.76 bits per heavy atom. The number of nitrogens with one attached hydrogen (secondary N) is 1. The van der Waals surface area contributed by atoms with Gasteiger partial charge in [0.15, 0.2) is 0 Å². The molecule has 0 saturated carbocycles. The van der Waals surface area contributed by atoms with Crippen molar-refractivity contribution in [1.82, 2.24) is 14.9 Å². The lowest BCUT2D eigenvalue weighted by Crippen LogP contribution is -2.33. The highest BCUT2D eigenvalue weighted by atomic mass is 32.2. The largest absolute Gasteiger partial charge is 0.361 e. The van der Waals surface area contributed by atoms with Crippen molar-refractivity contribution in [3.63, 3.8) is 0 Å². The zero-order valence-electron chi connectivity index (χ0n) is 14.4. The summed E-state index contributed by atoms with van der Waals surface area (Å²) in [5.74, 6) is 3.87. The second-order valence-corrected chi connectivity index (χ2v) is 7.17. The lowest BCUT2D eigenvalue weighted by molar-refractivity contribution is -0.128. The molecule has 1 N–H and O–H groups in total. The Morgan fingerprint density at radius 1 is 1.24 bits per heavy atom. The van der Waals surface area contributed by atoms with Gasteiger partial charge in [0.25, 0.3) is 0 Å². The maximum absolute atomic E-state index is 12.3. The van der Waals surface area contributed by atoms with Crippen LogP contribution in [0.5, 0.6) is 0 Å². The van der Waals surface area contributed by atoms with Crippen LogP contribution in [0.25, 0.3) is 0 Å². The molecule has 0 atom stereocenters. The Kier molecular flexibility index (Phi) is 6.11. The molecule has 1 aromatic heterocycles. The van der Waals surface area contributed by atoms with Gasteiger partial charge in [-0.1, -0.05) is 30.3 Å². The lowest BCUT2D eigenvalue weighted by Gasteiger charge is -2.27. The number of hydrogen-bond acceptors (Lipinski definition) is 6. The molecular formula is C18H23N5OS. The van der Waals surface area contributed by atoms with Gasteiger partial charge in [-0.2, -0.15) is 11.8 Å². The minimum Gasteiger partial charge on any atom is -0.361 e. The SMILES string of the molecule is CN(Cc1ccccc1)C(=O)CNc1cc(N2CCSCC2)ncn1. The van der Waals surface area contributed by atoms with Gasteiger partial charge in [0, 0.05) is 44.3 Å². The number of rotatable bonds is 6. The number of nitrogens with zero attached hydrogens (tertiary/aromatic N) is 4. The van der Waals surface area contributed by atoms with Crippen molar-refractivity contribution in [1.29, 1.82) is 0 Å². The third-order valence-corrected chi connectivity index (χ3v) is 5.04.